The maximum absolute atomic E-state index is 13.3. The van der Waals surface area contributed by atoms with Crippen molar-refractivity contribution in [3.05, 3.63) is 45.6 Å². The van der Waals surface area contributed by atoms with E-state index in [9.17, 15) is 9.59 Å². The lowest BCUT2D eigenvalue weighted by atomic mass is 9.95. The molecule has 33 heavy (non-hydrogen) atoms. The van der Waals surface area contributed by atoms with Crippen LogP contribution in [0.2, 0.25) is 0 Å². The predicted molar refractivity (Wildman–Crippen MR) is 134 cm³/mol. The Hall–Kier alpha value is -2.45. The van der Waals surface area contributed by atoms with Gasteiger partial charge in [0.05, 0.1) is 5.92 Å². The van der Waals surface area contributed by atoms with Gasteiger partial charge >= 0.3 is 0 Å². The summed E-state index contributed by atoms with van der Waals surface area (Å²) in [7, 11) is 0. The van der Waals surface area contributed by atoms with E-state index in [0.29, 0.717) is 17.3 Å². The van der Waals surface area contributed by atoms with Gasteiger partial charge in [-0.2, -0.15) is 0 Å². The molecular weight excluding hydrogens is 484 g/mol. The molecule has 1 unspecified atom stereocenters. The summed E-state index contributed by atoms with van der Waals surface area (Å²) in [4.78, 5) is 32.1. The first-order valence-corrected chi connectivity index (χ1v) is 12.3. The van der Waals surface area contributed by atoms with E-state index in [1.807, 2.05) is 39.0 Å². The van der Waals surface area contributed by atoms with E-state index < -0.39 is 5.92 Å². The molecule has 2 amide bonds. The smallest absolute Gasteiger partial charge is 0.254 e. The Morgan fingerprint density at radius 3 is 2.67 bits per heavy atom. The first-order chi connectivity index (χ1) is 15.8. The number of allylic oxidation sites excluding steroid dienone is 1. The number of halogens is 1. The van der Waals surface area contributed by atoms with Crippen LogP contribution in [-0.4, -0.2) is 54.3 Å². The number of rotatable bonds is 6. The molecule has 0 spiro atoms. The fraction of sp³-hybridized carbons (Fsp3) is 0.480. The number of carbonyl (C=O) groups excluding carboxylic acids is 2. The monoisotopic (exact) mass is 514 g/mol. The number of hydrogen-bond donors (Lipinski definition) is 1. The molecule has 8 heteroatoms. The fourth-order valence-electron chi connectivity index (χ4n) is 4.91. The molecule has 7 nitrogen and oxygen atoms in total. The molecule has 0 radical (unpaired) electrons. The molecule has 176 valence electrons. The number of aliphatic imine (C=N–C) groups is 1. The van der Waals surface area contributed by atoms with Crippen LogP contribution in [0.25, 0.3) is 5.52 Å². The Kier molecular flexibility index (Phi) is 7.05. The zero-order valence-electron chi connectivity index (χ0n) is 19.7. The van der Waals surface area contributed by atoms with Gasteiger partial charge in [-0.1, -0.05) is 5.57 Å². The molecule has 0 aliphatic carbocycles. The zero-order chi connectivity index (χ0) is 23.7. The van der Waals surface area contributed by atoms with Crippen molar-refractivity contribution < 1.29 is 14.3 Å². The summed E-state index contributed by atoms with van der Waals surface area (Å²) >= 11 is 3.60. The maximum atomic E-state index is 13.3. The molecule has 4 rings (SSSR count). The SMILES string of the molecule is CCN(c1c(C)c(C(=O)NCC2C(=O)N=C(C)C=C2C)cc2cc(Br)cn12)C1CCOCC1. The van der Waals surface area contributed by atoms with E-state index >= 15 is 0 Å². The van der Waals surface area contributed by atoms with E-state index in [1.54, 1.807) is 0 Å². The number of aromatic nitrogens is 1. The first kappa shape index (κ1) is 23.7. The maximum Gasteiger partial charge on any atom is 0.254 e. The van der Waals surface area contributed by atoms with Gasteiger partial charge in [-0.25, -0.2) is 4.99 Å². The van der Waals surface area contributed by atoms with Crippen molar-refractivity contribution in [2.24, 2.45) is 10.9 Å². The second kappa shape index (κ2) is 9.81. The van der Waals surface area contributed by atoms with Crippen LogP contribution in [0.3, 0.4) is 0 Å². The number of nitrogens with one attached hydrogen (secondary N) is 1. The van der Waals surface area contributed by atoms with Gasteiger partial charge in [-0.05, 0) is 74.7 Å². The summed E-state index contributed by atoms with van der Waals surface area (Å²) in [6.45, 7) is 10.4. The van der Waals surface area contributed by atoms with Gasteiger partial charge in [0.1, 0.15) is 5.82 Å². The Bertz CT molecular complexity index is 1140. The number of pyridine rings is 1. The Labute approximate surface area is 203 Å². The lowest BCUT2D eigenvalue weighted by molar-refractivity contribution is -0.120. The van der Waals surface area contributed by atoms with Crippen molar-refractivity contribution in [2.45, 2.75) is 46.6 Å². The van der Waals surface area contributed by atoms with Crippen molar-refractivity contribution in [3.63, 3.8) is 0 Å². The van der Waals surface area contributed by atoms with E-state index in [2.05, 4.69) is 48.7 Å². The molecule has 0 saturated carbocycles. The molecule has 4 heterocycles. The van der Waals surface area contributed by atoms with Gasteiger partial charge in [0, 0.05) is 65.4 Å². The second-order valence-electron chi connectivity index (χ2n) is 8.83. The van der Waals surface area contributed by atoms with Crippen LogP contribution in [0.4, 0.5) is 5.82 Å². The van der Waals surface area contributed by atoms with Gasteiger partial charge in [-0.15, -0.1) is 0 Å². The van der Waals surface area contributed by atoms with Crippen LogP contribution in [0.15, 0.2) is 39.4 Å². The highest BCUT2D eigenvalue weighted by atomic mass is 79.9. The number of ether oxygens (including phenoxy) is 1. The average Bonchev–Trinajstić information content (AvgIpc) is 3.15. The van der Waals surface area contributed by atoms with Gasteiger partial charge in [-0.3, -0.25) is 9.59 Å². The highest BCUT2D eigenvalue weighted by Crippen LogP contribution is 2.32. The summed E-state index contributed by atoms with van der Waals surface area (Å²) in [6.07, 6.45) is 5.88. The van der Waals surface area contributed by atoms with Crippen LogP contribution >= 0.6 is 15.9 Å². The number of nitrogens with zero attached hydrogens (tertiary/aromatic N) is 3. The van der Waals surface area contributed by atoms with E-state index in [4.69, 9.17) is 4.74 Å². The lowest BCUT2D eigenvalue weighted by Crippen LogP contribution is -2.41. The topological polar surface area (TPSA) is 75.4 Å². The number of carbonyl (C=O) groups is 2. The van der Waals surface area contributed by atoms with Crippen molar-refractivity contribution in [1.82, 2.24) is 9.72 Å². The fourth-order valence-corrected chi connectivity index (χ4v) is 5.35. The largest absolute Gasteiger partial charge is 0.381 e. The highest BCUT2D eigenvalue weighted by Gasteiger charge is 2.28. The molecule has 0 aromatic carbocycles. The molecule has 2 aromatic heterocycles. The summed E-state index contributed by atoms with van der Waals surface area (Å²) in [5, 5.41) is 2.99. The molecule has 2 aliphatic rings. The highest BCUT2D eigenvalue weighted by molar-refractivity contribution is 9.10. The summed E-state index contributed by atoms with van der Waals surface area (Å²) in [6, 6.07) is 4.30. The number of fused-ring (bicyclic) bond motifs is 1. The minimum absolute atomic E-state index is 0.177. The first-order valence-electron chi connectivity index (χ1n) is 11.5. The third kappa shape index (κ3) is 4.77. The normalized spacial score (nSPS) is 19.4. The van der Waals surface area contributed by atoms with Crippen LogP contribution in [-0.2, 0) is 9.53 Å². The molecule has 1 atom stereocenters. The standard InChI is InChI=1S/C25H31BrN4O3/c1-5-29(19-6-8-33-9-7-19)25-17(4)21(12-20-11-18(26)14-30(20)25)23(31)27-13-22-15(2)10-16(3)28-24(22)32/h10-12,14,19,22H,5-9,13H2,1-4H3,(H,27,31). The van der Waals surface area contributed by atoms with E-state index in [0.717, 1.165) is 59.5 Å². The van der Waals surface area contributed by atoms with Crippen molar-refractivity contribution >= 4 is 44.8 Å². The number of amides is 2. The second-order valence-corrected chi connectivity index (χ2v) is 9.75. The van der Waals surface area contributed by atoms with Crippen molar-refractivity contribution in [3.8, 4) is 0 Å². The summed E-state index contributed by atoms with van der Waals surface area (Å²) in [5.41, 5.74) is 4.12. The number of dihydropyridines is 1. The molecule has 2 aromatic rings. The van der Waals surface area contributed by atoms with E-state index in [-0.39, 0.29) is 18.4 Å². The molecule has 1 N–H and O–H groups in total. The Balaban J connectivity index is 1.66. The average molecular weight is 515 g/mol. The number of hydrogen-bond acceptors (Lipinski definition) is 4. The van der Waals surface area contributed by atoms with Gasteiger partial charge in [0.25, 0.3) is 11.8 Å². The van der Waals surface area contributed by atoms with Crippen LogP contribution < -0.4 is 10.2 Å². The quantitative estimate of drug-likeness (QED) is 0.623. The van der Waals surface area contributed by atoms with Crippen LogP contribution in [0, 0.1) is 12.8 Å². The van der Waals surface area contributed by atoms with Gasteiger partial charge in [0.15, 0.2) is 0 Å². The predicted octanol–water partition coefficient (Wildman–Crippen LogP) is 4.31. The van der Waals surface area contributed by atoms with Crippen molar-refractivity contribution in [1.29, 1.82) is 0 Å². The summed E-state index contributed by atoms with van der Waals surface area (Å²) in [5.74, 6) is 0.233. The Morgan fingerprint density at radius 1 is 1.27 bits per heavy atom. The zero-order valence-corrected chi connectivity index (χ0v) is 21.2. The molecule has 0 bridgehead atoms. The summed E-state index contributed by atoms with van der Waals surface area (Å²) < 4.78 is 8.70. The minimum Gasteiger partial charge on any atom is -0.381 e. The molecule has 1 saturated heterocycles. The van der Waals surface area contributed by atoms with Crippen molar-refractivity contribution in [2.75, 3.05) is 31.2 Å². The van der Waals surface area contributed by atoms with E-state index in [1.165, 1.54) is 0 Å². The third-order valence-electron chi connectivity index (χ3n) is 6.60. The Morgan fingerprint density at radius 2 is 2.00 bits per heavy atom. The minimum atomic E-state index is -0.419. The van der Waals surface area contributed by atoms with Gasteiger partial charge in [0.2, 0.25) is 0 Å². The molecule has 2 aliphatic heterocycles. The molecular formula is C25H31BrN4O3. The van der Waals surface area contributed by atoms with Crippen LogP contribution in [0.1, 0.15) is 49.5 Å². The lowest BCUT2D eigenvalue weighted by Gasteiger charge is -2.37. The third-order valence-corrected chi connectivity index (χ3v) is 7.04. The van der Waals surface area contributed by atoms with Gasteiger partial charge < -0.3 is 19.4 Å². The van der Waals surface area contributed by atoms with Crippen LogP contribution in [0.5, 0.6) is 0 Å². The molecule has 1 fully saturated rings. The number of anilines is 1.